The second-order valence-electron chi connectivity index (χ2n) is 8.15. The maximum Gasteiger partial charge on any atom is 0.258 e. The first-order valence-corrected chi connectivity index (χ1v) is 11.1. The molecule has 5 heteroatoms. The quantitative estimate of drug-likeness (QED) is 0.546. The van der Waals surface area contributed by atoms with Crippen LogP contribution in [-0.4, -0.2) is 11.8 Å². The van der Waals surface area contributed by atoms with Crippen LogP contribution in [0.3, 0.4) is 0 Å². The van der Waals surface area contributed by atoms with Gasteiger partial charge in [-0.1, -0.05) is 42.8 Å². The summed E-state index contributed by atoms with van der Waals surface area (Å²) in [7, 11) is 0. The summed E-state index contributed by atoms with van der Waals surface area (Å²) in [6.07, 6.45) is 2.87. The van der Waals surface area contributed by atoms with Crippen LogP contribution < -0.4 is 10.6 Å². The van der Waals surface area contributed by atoms with Crippen molar-refractivity contribution >= 4 is 33.8 Å². The predicted molar refractivity (Wildman–Crippen MR) is 124 cm³/mol. The number of benzene rings is 2. The van der Waals surface area contributed by atoms with Crippen molar-refractivity contribution < 1.29 is 9.59 Å². The fraction of sp³-hybridized carbons (Fsp3) is 0.280. The van der Waals surface area contributed by atoms with E-state index in [1.807, 2.05) is 44.2 Å². The van der Waals surface area contributed by atoms with E-state index in [4.69, 9.17) is 0 Å². The molecule has 0 saturated heterocycles. The van der Waals surface area contributed by atoms with Gasteiger partial charge < -0.3 is 10.6 Å². The molecule has 0 spiro atoms. The average Bonchev–Trinajstić information content (AvgIpc) is 3.07. The van der Waals surface area contributed by atoms with Crippen molar-refractivity contribution in [3.8, 4) is 0 Å². The van der Waals surface area contributed by atoms with E-state index in [-0.39, 0.29) is 11.8 Å². The molecule has 0 fully saturated rings. The van der Waals surface area contributed by atoms with Crippen molar-refractivity contribution in [2.75, 3.05) is 10.6 Å². The minimum atomic E-state index is -0.192. The molecule has 1 aliphatic carbocycles. The molecule has 4 rings (SSSR count). The van der Waals surface area contributed by atoms with E-state index in [0.29, 0.717) is 22.0 Å². The molecule has 0 aliphatic heterocycles. The lowest BCUT2D eigenvalue weighted by molar-refractivity contribution is 0.102. The molecule has 4 nitrogen and oxygen atoms in total. The number of hydrogen-bond acceptors (Lipinski definition) is 3. The molecule has 3 aromatic rings. The zero-order valence-corrected chi connectivity index (χ0v) is 18.4. The van der Waals surface area contributed by atoms with Crippen molar-refractivity contribution in [1.82, 2.24) is 0 Å². The molecule has 1 aromatic heterocycles. The molecule has 0 bridgehead atoms. The molecule has 1 heterocycles. The number of fused-ring (bicyclic) bond motifs is 1. The summed E-state index contributed by atoms with van der Waals surface area (Å²) in [5.41, 5.74) is 5.27. The Kier molecular flexibility index (Phi) is 5.73. The average molecular weight is 419 g/mol. The van der Waals surface area contributed by atoms with E-state index in [1.54, 1.807) is 23.5 Å². The largest absolute Gasteiger partial charge is 0.322 e. The van der Waals surface area contributed by atoms with Gasteiger partial charge in [0.05, 0.1) is 5.56 Å². The fourth-order valence-electron chi connectivity index (χ4n) is 3.98. The molecular formula is C25H26N2O2S. The molecular weight excluding hydrogens is 392 g/mol. The van der Waals surface area contributed by atoms with Gasteiger partial charge in [0.25, 0.3) is 11.8 Å². The Balaban J connectivity index is 1.68. The van der Waals surface area contributed by atoms with Crippen LogP contribution in [-0.2, 0) is 12.8 Å². The topological polar surface area (TPSA) is 58.2 Å². The number of anilines is 2. The van der Waals surface area contributed by atoms with Crippen molar-refractivity contribution in [2.45, 2.75) is 40.0 Å². The zero-order chi connectivity index (χ0) is 21.3. The normalized spacial score (nSPS) is 15.4. The number of hydrogen-bond donors (Lipinski definition) is 2. The van der Waals surface area contributed by atoms with Crippen molar-refractivity contribution in [3.05, 3.63) is 81.2 Å². The third-order valence-corrected chi connectivity index (χ3v) is 6.80. The highest BCUT2D eigenvalue weighted by atomic mass is 32.1. The second kappa shape index (κ2) is 8.44. The van der Waals surface area contributed by atoms with Gasteiger partial charge in [0.2, 0.25) is 0 Å². The van der Waals surface area contributed by atoms with Crippen LogP contribution in [0.2, 0.25) is 0 Å². The Hall–Kier alpha value is -2.92. The number of nitrogens with one attached hydrogen (secondary N) is 2. The molecule has 2 N–H and O–H groups in total. The maximum atomic E-state index is 13.3. The SMILES string of the molecule is Cc1ccc(NC(=O)c2c(NC(=O)c3ccccc3)sc3c2CC[C@H](C)C3)c(C)c1. The summed E-state index contributed by atoms with van der Waals surface area (Å²) in [5.74, 6) is 0.240. The van der Waals surface area contributed by atoms with Crippen molar-refractivity contribution in [2.24, 2.45) is 5.92 Å². The molecule has 1 atom stereocenters. The number of carbonyl (C=O) groups is 2. The van der Waals surface area contributed by atoms with Crippen LogP contribution in [0.5, 0.6) is 0 Å². The van der Waals surface area contributed by atoms with Gasteiger partial charge in [-0.25, -0.2) is 0 Å². The van der Waals surface area contributed by atoms with E-state index in [0.717, 1.165) is 41.6 Å². The Morgan fingerprint density at radius 1 is 1.00 bits per heavy atom. The van der Waals surface area contributed by atoms with Crippen molar-refractivity contribution in [1.29, 1.82) is 0 Å². The highest BCUT2D eigenvalue weighted by molar-refractivity contribution is 7.17. The van der Waals surface area contributed by atoms with E-state index in [1.165, 1.54) is 4.88 Å². The molecule has 0 radical (unpaired) electrons. The monoisotopic (exact) mass is 418 g/mol. The van der Waals surface area contributed by atoms with Crippen LogP contribution in [0.25, 0.3) is 0 Å². The number of aryl methyl sites for hydroxylation is 2. The fourth-order valence-corrected chi connectivity index (χ4v) is 5.39. The van der Waals surface area contributed by atoms with Gasteiger partial charge in [0, 0.05) is 16.1 Å². The van der Waals surface area contributed by atoms with Gasteiger partial charge in [-0.15, -0.1) is 11.3 Å². The van der Waals surface area contributed by atoms with E-state index in [2.05, 4.69) is 23.6 Å². The van der Waals surface area contributed by atoms with Gasteiger partial charge >= 0.3 is 0 Å². The van der Waals surface area contributed by atoms with Crippen LogP contribution >= 0.6 is 11.3 Å². The van der Waals surface area contributed by atoms with E-state index < -0.39 is 0 Å². The van der Waals surface area contributed by atoms with Gasteiger partial charge in [-0.2, -0.15) is 0 Å². The number of rotatable bonds is 4. The Bertz CT molecular complexity index is 1100. The lowest BCUT2D eigenvalue weighted by atomic mass is 9.88. The van der Waals surface area contributed by atoms with Crippen LogP contribution in [0.15, 0.2) is 48.5 Å². The summed E-state index contributed by atoms with van der Waals surface area (Å²) < 4.78 is 0. The molecule has 0 unspecified atom stereocenters. The molecule has 154 valence electrons. The van der Waals surface area contributed by atoms with Crippen LogP contribution in [0.1, 0.15) is 55.6 Å². The Labute approximate surface area is 181 Å². The maximum absolute atomic E-state index is 13.3. The summed E-state index contributed by atoms with van der Waals surface area (Å²) in [6.45, 7) is 6.26. The van der Waals surface area contributed by atoms with Crippen LogP contribution in [0.4, 0.5) is 10.7 Å². The van der Waals surface area contributed by atoms with E-state index in [9.17, 15) is 9.59 Å². The molecule has 0 saturated carbocycles. The van der Waals surface area contributed by atoms with Crippen LogP contribution in [0, 0.1) is 19.8 Å². The molecule has 30 heavy (non-hydrogen) atoms. The number of carbonyl (C=O) groups excluding carboxylic acids is 2. The lowest BCUT2D eigenvalue weighted by Gasteiger charge is -2.19. The second-order valence-corrected chi connectivity index (χ2v) is 9.25. The minimum Gasteiger partial charge on any atom is -0.322 e. The predicted octanol–water partition coefficient (Wildman–Crippen LogP) is 5.99. The number of thiophene rings is 1. The van der Waals surface area contributed by atoms with Gasteiger partial charge in [-0.3, -0.25) is 9.59 Å². The third-order valence-electron chi connectivity index (χ3n) is 5.63. The summed E-state index contributed by atoms with van der Waals surface area (Å²) in [4.78, 5) is 27.3. The van der Waals surface area contributed by atoms with E-state index >= 15 is 0 Å². The minimum absolute atomic E-state index is 0.155. The van der Waals surface area contributed by atoms with Gasteiger partial charge in [0.15, 0.2) is 0 Å². The highest BCUT2D eigenvalue weighted by Crippen LogP contribution is 2.40. The molecule has 2 amide bonds. The Morgan fingerprint density at radius 2 is 1.77 bits per heavy atom. The van der Waals surface area contributed by atoms with Gasteiger partial charge in [-0.05, 0) is 68.4 Å². The first-order chi connectivity index (χ1) is 14.4. The lowest BCUT2D eigenvalue weighted by Crippen LogP contribution is -2.19. The highest BCUT2D eigenvalue weighted by Gasteiger charge is 2.28. The standard InChI is InChI=1S/C25H26N2O2S/c1-15-10-12-20(17(3)13-15)26-24(29)22-19-11-9-16(2)14-21(19)30-25(22)27-23(28)18-7-5-4-6-8-18/h4-8,10,12-13,16H,9,11,14H2,1-3H3,(H,26,29)(H,27,28)/t16-/m0/s1. The number of amides is 2. The molecule has 2 aromatic carbocycles. The first kappa shape index (κ1) is 20.4. The summed E-state index contributed by atoms with van der Waals surface area (Å²) in [5, 5.41) is 6.72. The Morgan fingerprint density at radius 3 is 2.50 bits per heavy atom. The molecule has 1 aliphatic rings. The van der Waals surface area contributed by atoms with Crippen molar-refractivity contribution in [3.63, 3.8) is 0 Å². The smallest absolute Gasteiger partial charge is 0.258 e. The summed E-state index contributed by atoms with van der Waals surface area (Å²) in [6, 6.07) is 15.1. The summed E-state index contributed by atoms with van der Waals surface area (Å²) >= 11 is 1.54. The zero-order valence-electron chi connectivity index (χ0n) is 17.5. The van der Waals surface area contributed by atoms with Gasteiger partial charge in [0.1, 0.15) is 5.00 Å². The first-order valence-electron chi connectivity index (χ1n) is 10.3. The third kappa shape index (κ3) is 4.17.